The SMILES string of the molecule is NC(=O)CC[C@@H](NC(=O)c1cc(Cl)c(N)c(Cl)c1)C(=O)O. The molecular formula is C12H13Cl2N3O4. The van der Waals surface area contributed by atoms with Crippen molar-refractivity contribution in [2.24, 2.45) is 5.73 Å². The van der Waals surface area contributed by atoms with E-state index in [9.17, 15) is 14.4 Å². The average molecular weight is 334 g/mol. The van der Waals surface area contributed by atoms with Crippen molar-refractivity contribution in [3.63, 3.8) is 0 Å². The van der Waals surface area contributed by atoms with E-state index >= 15 is 0 Å². The maximum absolute atomic E-state index is 12.0. The Kier molecular flexibility index (Phi) is 5.80. The fourth-order valence-electron chi connectivity index (χ4n) is 1.50. The molecule has 1 atom stereocenters. The van der Waals surface area contributed by atoms with Crippen LogP contribution >= 0.6 is 23.2 Å². The van der Waals surface area contributed by atoms with Crippen LogP contribution < -0.4 is 16.8 Å². The van der Waals surface area contributed by atoms with Crippen molar-refractivity contribution in [1.82, 2.24) is 5.32 Å². The van der Waals surface area contributed by atoms with E-state index in [1.807, 2.05) is 0 Å². The summed E-state index contributed by atoms with van der Waals surface area (Å²) in [7, 11) is 0. The van der Waals surface area contributed by atoms with Crippen LogP contribution in [0.3, 0.4) is 0 Å². The average Bonchev–Trinajstić information content (AvgIpc) is 2.39. The first-order chi connectivity index (χ1) is 9.72. The lowest BCUT2D eigenvalue weighted by Gasteiger charge is -2.14. The molecule has 114 valence electrons. The molecule has 0 bridgehead atoms. The van der Waals surface area contributed by atoms with Crippen LogP contribution in [0.1, 0.15) is 23.2 Å². The first kappa shape index (κ1) is 17.1. The largest absolute Gasteiger partial charge is 0.480 e. The number of hydrogen-bond donors (Lipinski definition) is 4. The summed E-state index contributed by atoms with van der Waals surface area (Å²) < 4.78 is 0. The predicted molar refractivity (Wildman–Crippen MR) is 78.2 cm³/mol. The van der Waals surface area contributed by atoms with E-state index < -0.39 is 23.8 Å². The standard InChI is InChI=1S/C12H13Cl2N3O4/c13-6-3-5(4-7(14)10(6)16)11(19)17-8(12(20)21)1-2-9(15)18/h3-4,8H,1-2,16H2,(H2,15,18)(H,17,19)(H,20,21)/t8-/m1/s1. The summed E-state index contributed by atoms with van der Waals surface area (Å²) in [6.45, 7) is 0. The van der Waals surface area contributed by atoms with E-state index in [1.165, 1.54) is 12.1 Å². The molecule has 1 rings (SSSR count). The number of carbonyl (C=O) groups is 3. The van der Waals surface area contributed by atoms with Gasteiger partial charge in [0.2, 0.25) is 5.91 Å². The fourth-order valence-corrected chi connectivity index (χ4v) is 1.99. The maximum Gasteiger partial charge on any atom is 0.326 e. The molecule has 0 spiro atoms. The van der Waals surface area contributed by atoms with Gasteiger partial charge in [0.15, 0.2) is 0 Å². The number of primary amides is 1. The number of nitrogen functional groups attached to an aromatic ring is 1. The van der Waals surface area contributed by atoms with Crippen molar-refractivity contribution in [2.45, 2.75) is 18.9 Å². The highest BCUT2D eigenvalue weighted by Crippen LogP contribution is 2.28. The summed E-state index contributed by atoms with van der Waals surface area (Å²) in [5, 5.41) is 11.4. The zero-order valence-corrected chi connectivity index (χ0v) is 12.2. The lowest BCUT2D eigenvalue weighted by atomic mass is 10.1. The number of aliphatic carboxylic acids is 1. The van der Waals surface area contributed by atoms with Gasteiger partial charge in [0.1, 0.15) is 6.04 Å². The first-order valence-corrected chi connectivity index (χ1v) is 6.54. The zero-order chi connectivity index (χ0) is 16.2. The molecular weight excluding hydrogens is 321 g/mol. The molecule has 0 saturated carbocycles. The van der Waals surface area contributed by atoms with Crippen molar-refractivity contribution in [1.29, 1.82) is 0 Å². The minimum Gasteiger partial charge on any atom is -0.480 e. The van der Waals surface area contributed by atoms with Gasteiger partial charge >= 0.3 is 5.97 Å². The van der Waals surface area contributed by atoms with Gasteiger partial charge in [0, 0.05) is 12.0 Å². The Morgan fingerprint density at radius 3 is 2.19 bits per heavy atom. The summed E-state index contributed by atoms with van der Waals surface area (Å²) in [5.41, 5.74) is 10.7. The van der Waals surface area contributed by atoms with Crippen LogP contribution in [0.4, 0.5) is 5.69 Å². The van der Waals surface area contributed by atoms with Gasteiger partial charge < -0.3 is 21.9 Å². The monoisotopic (exact) mass is 333 g/mol. The molecule has 1 aromatic carbocycles. The predicted octanol–water partition coefficient (Wildman–Crippen LogP) is 1.02. The van der Waals surface area contributed by atoms with E-state index in [4.69, 9.17) is 39.8 Å². The van der Waals surface area contributed by atoms with Gasteiger partial charge in [-0.3, -0.25) is 9.59 Å². The lowest BCUT2D eigenvalue weighted by Crippen LogP contribution is -2.41. The highest BCUT2D eigenvalue weighted by atomic mass is 35.5. The lowest BCUT2D eigenvalue weighted by molar-refractivity contribution is -0.139. The summed E-state index contributed by atoms with van der Waals surface area (Å²) >= 11 is 11.6. The number of hydrogen-bond acceptors (Lipinski definition) is 4. The molecule has 0 heterocycles. The fraction of sp³-hybridized carbons (Fsp3) is 0.250. The van der Waals surface area contributed by atoms with E-state index in [0.29, 0.717) is 0 Å². The summed E-state index contributed by atoms with van der Waals surface area (Å²) in [6.07, 6.45) is -0.284. The minimum atomic E-state index is -1.28. The van der Waals surface area contributed by atoms with Crippen LogP contribution in [0.2, 0.25) is 10.0 Å². The topological polar surface area (TPSA) is 136 Å². The van der Waals surface area contributed by atoms with Gasteiger partial charge in [0.25, 0.3) is 5.91 Å². The molecule has 0 aliphatic heterocycles. The highest BCUT2D eigenvalue weighted by molar-refractivity contribution is 6.39. The second-order valence-corrected chi connectivity index (χ2v) is 5.04. The maximum atomic E-state index is 12.0. The second-order valence-electron chi connectivity index (χ2n) is 4.22. The number of carbonyl (C=O) groups excluding carboxylic acids is 2. The van der Waals surface area contributed by atoms with Crippen molar-refractivity contribution >= 4 is 46.7 Å². The smallest absolute Gasteiger partial charge is 0.326 e. The van der Waals surface area contributed by atoms with Crippen molar-refractivity contribution in [3.8, 4) is 0 Å². The van der Waals surface area contributed by atoms with Crippen molar-refractivity contribution in [2.75, 3.05) is 5.73 Å². The molecule has 6 N–H and O–H groups in total. The van der Waals surface area contributed by atoms with Crippen molar-refractivity contribution < 1.29 is 19.5 Å². The van der Waals surface area contributed by atoms with Gasteiger partial charge in [-0.05, 0) is 18.6 Å². The van der Waals surface area contributed by atoms with E-state index in [1.54, 1.807) is 0 Å². The normalized spacial score (nSPS) is 11.7. The number of anilines is 1. The minimum absolute atomic E-state index is 0.0597. The Hall–Kier alpha value is -1.99. The summed E-state index contributed by atoms with van der Waals surface area (Å²) in [5.74, 6) is -2.64. The number of halogens is 2. The quantitative estimate of drug-likeness (QED) is 0.576. The molecule has 21 heavy (non-hydrogen) atoms. The molecule has 2 amide bonds. The molecule has 0 unspecified atom stereocenters. The Balaban J connectivity index is 2.87. The van der Waals surface area contributed by atoms with Gasteiger partial charge in [-0.2, -0.15) is 0 Å². The number of rotatable bonds is 6. The van der Waals surface area contributed by atoms with E-state index in [2.05, 4.69) is 5.32 Å². The molecule has 0 saturated heterocycles. The highest BCUT2D eigenvalue weighted by Gasteiger charge is 2.22. The van der Waals surface area contributed by atoms with Crippen LogP contribution in [-0.4, -0.2) is 28.9 Å². The summed E-state index contributed by atoms with van der Waals surface area (Å²) in [6, 6.07) is 1.29. The number of amides is 2. The Labute approximate surface area is 130 Å². The molecule has 0 aliphatic carbocycles. The third kappa shape index (κ3) is 4.80. The Morgan fingerprint density at radius 1 is 1.24 bits per heavy atom. The molecule has 0 fully saturated rings. The zero-order valence-electron chi connectivity index (χ0n) is 10.7. The van der Waals surface area contributed by atoms with Crippen LogP contribution in [0.5, 0.6) is 0 Å². The molecule has 0 aromatic heterocycles. The molecule has 7 nitrogen and oxygen atoms in total. The summed E-state index contributed by atoms with van der Waals surface area (Å²) in [4.78, 5) is 33.7. The van der Waals surface area contributed by atoms with E-state index in [0.717, 1.165) is 0 Å². The van der Waals surface area contributed by atoms with Crippen molar-refractivity contribution in [3.05, 3.63) is 27.7 Å². The number of benzene rings is 1. The number of carboxylic acids is 1. The van der Waals surface area contributed by atoms with Crippen LogP contribution in [0.15, 0.2) is 12.1 Å². The third-order valence-electron chi connectivity index (χ3n) is 2.62. The Bertz CT molecular complexity index is 569. The van der Waals surface area contributed by atoms with Crippen LogP contribution in [0, 0.1) is 0 Å². The third-order valence-corrected chi connectivity index (χ3v) is 3.25. The van der Waals surface area contributed by atoms with Crippen LogP contribution in [0.25, 0.3) is 0 Å². The van der Waals surface area contributed by atoms with Gasteiger partial charge in [-0.1, -0.05) is 23.2 Å². The molecule has 0 radical (unpaired) electrons. The second kappa shape index (κ2) is 7.14. The van der Waals surface area contributed by atoms with Gasteiger partial charge in [0.05, 0.1) is 15.7 Å². The van der Waals surface area contributed by atoms with E-state index in [-0.39, 0.29) is 34.1 Å². The Morgan fingerprint density at radius 2 is 1.76 bits per heavy atom. The van der Waals surface area contributed by atoms with Gasteiger partial charge in [-0.15, -0.1) is 0 Å². The number of nitrogens with one attached hydrogen (secondary N) is 1. The number of nitrogens with two attached hydrogens (primary N) is 2. The van der Waals surface area contributed by atoms with Crippen LogP contribution in [-0.2, 0) is 9.59 Å². The number of carboxylic acid groups (broad SMARTS) is 1. The molecule has 1 aromatic rings. The van der Waals surface area contributed by atoms with Gasteiger partial charge in [-0.25, -0.2) is 4.79 Å². The molecule has 0 aliphatic rings. The molecule has 9 heteroatoms. The first-order valence-electron chi connectivity index (χ1n) is 5.79.